The van der Waals surface area contributed by atoms with Crippen LogP contribution >= 0.6 is 24.4 Å². The molecule has 4 N–H and O–H groups in total. The van der Waals surface area contributed by atoms with Gasteiger partial charge in [-0.15, -0.1) is 0 Å². The van der Waals surface area contributed by atoms with E-state index in [4.69, 9.17) is 5.73 Å². The summed E-state index contributed by atoms with van der Waals surface area (Å²) < 4.78 is 0. The van der Waals surface area contributed by atoms with Crippen molar-refractivity contribution in [3.63, 3.8) is 0 Å². The smallest absolute Gasteiger partial charge is 0.326 e. The van der Waals surface area contributed by atoms with Gasteiger partial charge in [0, 0.05) is 12.3 Å². The lowest BCUT2D eigenvalue weighted by Gasteiger charge is -2.44. The van der Waals surface area contributed by atoms with Gasteiger partial charge in [-0.2, -0.15) is 24.4 Å². The minimum atomic E-state index is -0.969. The number of aliphatic carboxylic acids is 1. The number of carbonyl (C=O) groups is 2. The first-order chi connectivity index (χ1) is 14.3. The normalized spacial score (nSPS) is 17.9. The molecule has 2 rings (SSSR count). The second-order valence-electron chi connectivity index (χ2n) is 8.24. The van der Waals surface area contributed by atoms with Gasteiger partial charge in [-0.3, -0.25) is 4.79 Å². The highest BCUT2D eigenvalue weighted by molar-refractivity contribution is 7.98. The Kier molecular flexibility index (Phi) is 10.0. The van der Waals surface area contributed by atoms with Crippen LogP contribution in [0.5, 0.6) is 0 Å². The summed E-state index contributed by atoms with van der Waals surface area (Å²) >= 11 is 5.77. The van der Waals surface area contributed by atoms with Gasteiger partial charge in [-0.05, 0) is 74.2 Å². The van der Waals surface area contributed by atoms with E-state index in [1.807, 2.05) is 18.4 Å². The number of rotatable bonds is 11. The molecule has 2 atom stereocenters. The van der Waals surface area contributed by atoms with Crippen LogP contribution in [0.1, 0.15) is 30.4 Å². The second-order valence-corrected chi connectivity index (χ2v) is 9.59. The van der Waals surface area contributed by atoms with E-state index in [1.54, 1.807) is 16.7 Å². The van der Waals surface area contributed by atoms with Crippen LogP contribution in [-0.2, 0) is 16.0 Å². The van der Waals surface area contributed by atoms with Crippen molar-refractivity contribution in [1.29, 1.82) is 0 Å². The van der Waals surface area contributed by atoms with Crippen molar-refractivity contribution in [2.24, 2.45) is 11.1 Å². The number of nitrogens with zero attached hydrogens (tertiary/aromatic N) is 1. The molecule has 0 unspecified atom stereocenters. The van der Waals surface area contributed by atoms with Crippen molar-refractivity contribution in [1.82, 2.24) is 10.2 Å². The molecule has 0 saturated carbocycles. The number of nitrogens with two attached hydrogens (primary N) is 1. The van der Waals surface area contributed by atoms with Gasteiger partial charge in [-0.1, -0.05) is 24.3 Å². The maximum Gasteiger partial charge on any atom is 0.326 e. The number of thiol groups is 1. The zero-order valence-corrected chi connectivity index (χ0v) is 19.7. The molecule has 30 heavy (non-hydrogen) atoms. The molecule has 1 saturated heterocycles. The lowest BCUT2D eigenvalue weighted by molar-refractivity contribution is -0.152. The van der Waals surface area contributed by atoms with E-state index < -0.39 is 18.1 Å². The van der Waals surface area contributed by atoms with E-state index in [9.17, 15) is 14.7 Å². The average molecular weight is 454 g/mol. The quantitative estimate of drug-likeness (QED) is 0.384. The first-order valence-electron chi connectivity index (χ1n) is 10.5. The van der Waals surface area contributed by atoms with E-state index in [-0.39, 0.29) is 17.1 Å². The highest BCUT2D eigenvalue weighted by Crippen LogP contribution is 2.36. The number of aryl methyl sites for hydroxylation is 1. The molecule has 6 nitrogen and oxygen atoms in total. The number of carbonyl (C=O) groups excluding carboxylic acids is 1. The second kappa shape index (κ2) is 12.0. The SMILES string of the molecule is CSCC[C@@H](C(=O)O)N(CC1(Cc2ccccc2C)CCNCC1)C(=O)[C@@H](N)CS. The Morgan fingerprint density at radius 2 is 2.00 bits per heavy atom. The molecule has 0 aromatic heterocycles. The van der Waals surface area contributed by atoms with Crippen LogP contribution in [-0.4, -0.2) is 71.4 Å². The highest BCUT2D eigenvalue weighted by Gasteiger charge is 2.40. The van der Waals surface area contributed by atoms with E-state index in [0.717, 1.165) is 32.4 Å². The zero-order valence-electron chi connectivity index (χ0n) is 18.0. The zero-order chi connectivity index (χ0) is 22.1. The third-order valence-electron chi connectivity index (χ3n) is 6.05. The van der Waals surface area contributed by atoms with Crippen molar-refractivity contribution in [3.8, 4) is 0 Å². The summed E-state index contributed by atoms with van der Waals surface area (Å²) in [7, 11) is 0. The molecule has 1 heterocycles. The van der Waals surface area contributed by atoms with Gasteiger partial charge < -0.3 is 21.1 Å². The van der Waals surface area contributed by atoms with Crippen molar-refractivity contribution in [2.75, 3.05) is 37.4 Å². The summed E-state index contributed by atoms with van der Waals surface area (Å²) in [6.45, 7) is 4.21. The van der Waals surface area contributed by atoms with Crippen LogP contribution in [0.2, 0.25) is 0 Å². The van der Waals surface area contributed by atoms with Gasteiger partial charge in [0.1, 0.15) is 6.04 Å². The standard InChI is InChI=1S/C22H35N3O3S2/c1-16-5-3-4-6-17(16)13-22(8-10-24-11-9-22)15-25(20(26)18(23)14-29)19(21(27)28)7-12-30-2/h3-6,18-19,24,29H,7-15,23H2,1-2H3,(H,27,28)/t18-,19-/m0/s1. The molecule has 0 radical (unpaired) electrons. The van der Waals surface area contributed by atoms with Crippen molar-refractivity contribution >= 4 is 36.3 Å². The predicted molar refractivity (Wildman–Crippen MR) is 127 cm³/mol. The fourth-order valence-corrected chi connectivity index (χ4v) is 4.81. The van der Waals surface area contributed by atoms with E-state index in [1.165, 1.54) is 11.1 Å². The molecule has 8 heteroatoms. The summed E-state index contributed by atoms with van der Waals surface area (Å²) in [5.74, 6) is -0.426. The largest absolute Gasteiger partial charge is 0.480 e. The first kappa shape index (κ1) is 25.0. The maximum absolute atomic E-state index is 13.2. The Balaban J connectivity index is 2.39. The van der Waals surface area contributed by atoms with Crippen molar-refractivity contribution < 1.29 is 14.7 Å². The molecule has 1 aliphatic rings. The lowest BCUT2D eigenvalue weighted by atomic mass is 9.73. The number of hydrogen-bond donors (Lipinski definition) is 4. The number of amides is 1. The topological polar surface area (TPSA) is 95.7 Å². The van der Waals surface area contributed by atoms with Gasteiger partial charge in [0.15, 0.2) is 0 Å². The lowest BCUT2D eigenvalue weighted by Crippen LogP contribution is -2.57. The molecule has 1 aliphatic heterocycles. The third-order valence-corrected chi connectivity index (χ3v) is 7.09. The Morgan fingerprint density at radius 3 is 2.57 bits per heavy atom. The number of carboxylic acids is 1. The number of piperidine rings is 1. The summed E-state index contributed by atoms with van der Waals surface area (Å²) in [5.41, 5.74) is 8.32. The molecular weight excluding hydrogens is 418 g/mol. The Hall–Kier alpha value is -1.22. The van der Waals surface area contributed by atoms with Gasteiger partial charge in [0.2, 0.25) is 5.91 Å². The van der Waals surface area contributed by atoms with Gasteiger partial charge >= 0.3 is 5.97 Å². The molecule has 1 aromatic rings. The predicted octanol–water partition coefficient (Wildman–Crippen LogP) is 2.20. The summed E-state index contributed by atoms with van der Waals surface area (Å²) in [6.07, 6.45) is 4.93. The molecule has 0 spiro atoms. The highest BCUT2D eigenvalue weighted by atomic mass is 32.2. The fraction of sp³-hybridized carbons (Fsp3) is 0.636. The number of nitrogens with one attached hydrogen (secondary N) is 1. The first-order valence-corrected chi connectivity index (χ1v) is 12.5. The van der Waals surface area contributed by atoms with E-state index >= 15 is 0 Å². The van der Waals surface area contributed by atoms with Crippen LogP contribution in [0.4, 0.5) is 0 Å². The fourth-order valence-electron chi connectivity index (χ4n) is 4.20. The van der Waals surface area contributed by atoms with Gasteiger partial charge in [0.25, 0.3) is 0 Å². The van der Waals surface area contributed by atoms with Crippen LogP contribution in [0.3, 0.4) is 0 Å². The molecule has 0 aliphatic carbocycles. The van der Waals surface area contributed by atoms with E-state index in [0.29, 0.717) is 18.7 Å². The Morgan fingerprint density at radius 1 is 1.33 bits per heavy atom. The number of thioether (sulfide) groups is 1. The van der Waals surface area contributed by atoms with Crippen molar-refractivity contribution in [2.45, 2.75) is 44.7 Å². The minimum Gasteiger partial charge on any atom is -0.480 e. The average Bonchev–Trinajstić information content (AvgIpc) is 2.74. The number of benzene rings is 1. The Bertz CT molecular complexity index is 711. The monoisotopic (exact) mass is 453 g/mol. The van der Waals surface area contributed by atoms with Gasteiger partial charge in [0.05, 0.1) is 6.04 Å². The molecule has 1 amide bonds. The summed E-state index contributed by atoms with van der Waals surface area (Å²) in [5, 5.41) is 13.3. The van der Waals surface area contributed by atoms with Crippen molar-refractivity contribution in [3.05, 3.63) is 35.4 Å². The number of carboxylic acid groups (broad SMARTS) is 1. The minimum absolute atomic E-state index is 0.184. The molecule has 1 fully saturated rings. The molecule has 1 aromatic carbocycles. The van der Waals surface area contributed by atoms with E-state index in [2.05, 4.69) is 37.0 Å². The van der Waals surface area contributed by atoms with Crippen LogP contribution < -0.4 is 11.1 Å². The van der Waals surface area contributed by atoms with Crippen LogP contribution in [0.25, 0.3) is 0 Å². The molecule has 168 valence electrons. The summed E-state index contributed by atoms with van der Waals surface area (Å²) in [4.78, 5) is 26.9. The third kappa shape index (κ3) is 6.64. The van der Waals surface area contributed by atoms with Gasteiger partial charge in [-0.25, -0.2) is 4.79 Å². The van der Waals surface area contributed by atoms with Crippen LogP contribution in [0, 0.1) is 12.3 Å². The molecular formula is C22H35N3O3S2. The molecule has 0 bridgehead atoms. The summed E-state index contributed by atoms with van der Waals surface area (Å²) in [6, 6.07) is 6.62. The maximum atomic E-state index is 13.2. The number of hydrogen-bond acceptors (Lipinski definition) is 6. The Labute approximate surface area is 189 Å². The van der Waals surface area contributed by atoms with Crippen LogP contribution in [0.15, 0.2) is 24.3 Å².